The third-order valence-corrected chi connectivity index (χ3v) is 0. The van der Waals surface area contributed by atoms with Crippen LogP contribution in [0.3, 0.4) is 0 Å². The Labute approximate surface area is 46.1 Å². The summed E-state index contributed by atoms with van der Waals surface area (Å²) in [6.07, 6.45) is 0. The molecule has 0 aliphatic carbocycles. The van der Waals surface area contributed by atoms with Crippen molar-refractivity contribution >= 4 is 20.1 Å². The molecule has 5 heavy (non-hydrogen) atoms. The molecular formula is H4Cl2CrN2-2. The summed E-state index contributed by atoms with van der Waals surface area (Å²) < 4.78 is 0. The van der Waals surface area contributed by atoms with E-state index in [-0.39, 0.29) is 25.7 Å². The van der Waals surface area contributed by atoms with Gasteiger partial charge in [0.15, 0.2) is 0 Å². The van der Waals surface area contributed by atoms with Crippen LogP contribution in [-0.2, 0) is 13.4 Å². The smallest absolute Gasteiger partial charge is 0.693 e. The van der Waals surface area contributed by atoms with E-state index >= 15 is 0 Å². The van der Waals surface area contributed by atoms with E-state index in [1.807, 2.05) is 0 Å². The maximum Gasteiger partial charge on any atom is -0.693 e. The molecule has 36 valence electrons. The summed E-state index contributed by atoms with van der Waals surface area (Å²) in [5.41, 5.74) is 0. The van der Waals surface area contributed by atoms with Crippen LogP contribution in [0.1, 0.15) is 0 Å². The number of halogens is 2. The second-order valence-corrected chi connectivity index (χ2v) is 2.16. The van der Waals surface area contributed by atoms with Crippen LogP contribution in [-0.4, -0.2) is 0 Å². The molecule has 0 atom stereocenters. The topological polar surface area (TPSA) is 67.0 Å². The van der Waals surface area contributed by atoms with E-state index in [2.05, 4.69) is 0 Å². The minimum Gasteiger partial charge on any atom is -0.693 e. The first kappa shape index (κ1) is 16.6. The van der Waals surface area contributed by atoms with Gasteiger partial charge in [0, 0.05) is 0 Å². The molecule has 0 spiro atoms. The van der Waals surface area contributed by atoms with Gasteiger partial charge >= 0.3 is 33.5 Å². The Kier molecular flexibility index (Phi) is 65.8. The Hall–Kier alpha value is 1.03. The van der Waals surface area contributed by atoms with E-state index in [9.17, 15) is 0 Å². The van der Waals surface area contributed by atoms with Crippen molar-refractivity contribution < 1.29 is 13.4 Å². The SMILES string of the molecule is [Cl][Cr][Cl].[NH2-].[NH2-]. The van der Waals surface area contributed by atoms with Gasteiger partial charge in [-0.05, 0) is 0 Å². The fourth-order valence-corrected chi connectivity index (χ4v) is 0. The van der Waals surface area contributed by atoms with E-state index < -0.39 is 0 Å². The molecule has 0 radical (unpaired) electrons. The van der Waals surface area contributed by atoms with Crippen molar-refractivity contribution in [3.05, 3.63) is 12.3 Å². The second-order valence-electron chi connectivity index (χ2n) is 0.0583. The first-order valence-corrected chi connectivity index (χ1v) is 3.82. The molecule has 0 amide bonds. The molecule has 0 aromatic rings. The standard InChI is InChI=1S/2ClH.Cr.2H2N/h2*1H;;2*1H2/q;;+2;2*-1/p-2. The van der Waals surface area contributed by atoms with E-state index in [4.69, 9.17) is 20.1 Å². The van der Waals surface area contributed by atoms with E-state index in [0.717, 1.165) is 0 Å². The molecule has 0 aliphatic heterocycles. The molecule has 0 bridgehead atoms. The molecule has 2 nitrogen and oxygen atoms in total. The summed E-state index contributed by atoms with van der Waals surface area (Å²) in [5, 5.41) is 0. The molecule has 0 aromatic carbocycles. The molecule has 0 fully saturated rings. The predicted octanol–water partition coefficient (Wildman–Crippen LogP) is 2.81. The van der Waals surface area contributed by atoms with Crippen molar-refractivity contribution in [1.82, 2.24) is 0 Å². The van der Waals surface area contributed by atoms with Gasteiger partial charge in [0.25, 0.3) is 0 Å². The van der Waals surface area contributed by atoms with Crippen LogP contribution in [0.5, 0.6) is 0 Å². The van der Waals surface area contributed by atoms with Gasteiger partial charge in [0.1, 0.15) is 0 Å². The van der Waals surface area contributed by atoms with Crippen LogP contribution in [0, 0.1) is 0 Å². The normalized spacial score (nSPS) is 3.60. The minimum atomic E-state index is -0.181. The average Bonchev–Trinajstić information content (AvgIpc) is 0.918. The molecule has 0 aromatic heterocycles. The molecule has 0 saturated heterocycles. The zero-order chi connectivity index (χ0) is 2.71. The van der Waals surface area contributed by atoms with E-state index in [1.165, 1.54) is 0 Å². The Balaban J connectivity index is -0.0000000200. The van der Waals surface area contributed by atoms with Crippen LogP contribution < -0.4 is 0 Å². The summed E-state index contributed by atoms with van der Waals surface area (Å²) in [6.45, 7) is 0. The average molecular weight is 155 g/mol. The molecular weight excluding hydrogens is 151 g/mol. The van der Waals surface area contributed by atoms with Gasteiger partial charge in [-0.15, -0.1) is 0 Å². The second kappa shape index (κ2) is 19.8. The summed E-state index contributed by atoms with van der Waals surface area (Å²) in [4.78, 5) is 0. The fraction of sp³-hybridized carbons (Fsp3) is 0. The van der Waals surface area contributed by atoms with Crippen molar-refractivity contribution in [2.45, 2.75) is 0 Å². The van der Waals surface area contributed by atoms with E-state index in [1.54, 1.807) is 0 Å². The van der Waals surface area contributed by atoms with Crippen LogP contribution >= 0.6 is 20.1 Å². The zero-order valence-electron chi connectivity index (χ0n) is 2.32. The fourth-order valence-electron chi connectivity index (χ4n) is 0. The van der Waals surface area contributed by atoms with Gasteiger partial charge < -0.3 is 12.3 Å². The van der Waals surface area contributed by atoms with Crippen molar-refractivity contribution in [2.75, 3.05) is 0 Å². The number of hydrogen-bond donors (Lipinski definition) is 0. The van der Waals surface area contributed by atoms with Gasteiger partial charge in [0.2, 0.25) is 0 Å². The number of rotatable bonds is 0. The van der Waals surface area contributed by atoms with Crippen LogP contribution in [0.2, 0.25) is 0 Å². The third kappa shape index (κ3) is 43.4. The van der Waals surface area contributed by atoms with Gasteiger partial charge in [-0.25, -0.2) is 0 Å². The third-order valence-electron chi connectivity index (χ3n) is 0. The summed E-state index contributed by atoms with van der Waals surface area (Å²) in [7, 11) is 9.65. The Morgan fingerprint density at radius 1 is 1.00 bits per heavy atom. The van der Waals surface area contributed by atoms with Crippen LogP contribution in [0.4, 0.5) is 0 Å². The van der Waals surface area contributed by atoms with Crippen molar-refractivity contribution in [1.29, 1.82) is 0 Å². The van der Waals surface area contributed by atoms with Crippen molar-refractivity contribution in [3.63, 3.8) is 0 Å². The zero-order valence-corrected chi connectivity index (χ0v) is 5.11. The minimum absolute atomic E-state index is 0. The summed E-state index contributed by atoms with van der Waals surface area (Å²) in [6, 6.07) is 0. The van der Waals surface area contributed by atoms with Crippen molar-refractivity contribution in [2.24, 2.45) is 0 Å². The van der Waals surface area contributed by atoms with Gasteiger partial charge in [0.05, 0.1) is 0 Å². The first-order chi connectivity index (χ1) is 1.41. The number of nitrogens with two attached hydrogens (primary N) is 2. The monoisotopic (exact) mass is 154 g/mol. The number of hydrogen-bond acceptors (Lipinski definition) is 0. The molecule has 0 heterocycles. The Morgan fingerprint density at radius 3 is 1.00 bits per heavy atom. The largest absolute Gasteiger partial charge is 0.693 e. The predicted molar refractivity (Wildman–Crippen MR) is 22.3 cm³/mol. The summed E-state index contributed by atoms with van der Waals surface area (Å²) in [5.74, 6) is 0. The van der Waals surface area contributed by atoms with Gasteiger partial charge in [-0.1, -0.05) is 0 Å². The van der Waals surface area contributed by atoms with Gasteiger partial charge in [-0.3, -0.25) is 0 Å². The van der Waals surface area contributed by atoms with Crippen LogP contribution in [0.25, 0.3) is 12.3 Å². The first-order valence-electron chi connectivity index (χ1n) is 0.309. The molecule has 0 saturated carbocycles. The van der Waals surface area contributed by atoms with Gasteiger partial charge in [-0.2, -0.15) is 0 Å². The molecule has 0 unspecified atom stereocenters. The Morgan fingerprint density at radius 2 is 1.00 bits per heavy atom. The molecule has 0 aliphatic rings. The van der Waals surface area contributed by atoms with Crippen molar-refractivity contribution in [3.8, 4) is 0 Å². The quantitative estimate of drug-likeness (QED) is 0.516. The van der Waals surface area contributed by atoms with Crippen LogP contribution in [0.15, 0.2) is 0 Å². The Bertz CT molecular complexity index is 7.61. The molecule has 4 N–H and O–H groups in total. The maximum atomic E-state index is 4.83. The molecule has 0 rings (SSSR count). The summed E-state index contributed by atoms with van der Waals surface area (Å²) >= 11 is -0.181. The van der Waals surface area contributed by atoms with E-state index in [0.29, 0.717) is 0 Å². The molecule has 5 heteroatoms. The maximum absolute atomic E-state index is 4.83.